The molecule has 0 radical (unpaired) electrons. The average Bonchev–Trinajstić information content (AvgIpc) is 2.81. The van der Waals surface area contributed by atoms with Gasteiger partial charge in [0.1, 0.15) is 0 Å². The van der Waals surface area contributed by atoms with Gasteiger partial charge in [0, 0.05) is 29.8 Å². The van der Waals surface area contributed by atoms with E-state index in [1.54, 1.807) is 20.0 Å². The van der Waals surface area contributed by atoms with E-state index in [0.29, 0.717) is 11.1 Å². The van der Waals surface area contributed by atoms with Crippen molar-refractivity contribution in [1.29, 1.82) is 0 Å². The van der Waals surface area contributed by atoms with Crippen LogP contribution < -0.4 is 4.72 Å². The van der Waals surface area contributed by atoms with Crippen molar-refractivity contribution in [2.24, 2.45) is 0 Å². The number of hydrogen-bond donors (Lipinski definition) is 1. The van der Waals surface area contributed by atoms with Crippen LogP contribution in [0.3, 0.4) is 0 Å². The number of thiazole rings is 1. The van der Waals surface area contributed by atoms with Crippen molar-refractivity contribution < 1.29 is 13.3 Å². The molecule has 9 heteroatoms. The van der Waals surface area contributed by atoms with Gasteiger partial charge in [0.15, 0.2) is 0 Å². The Labute approximate surface area is 132 Å². The highest BCUT2D eigenvalue weighted by Gasteiger charge is 2.22. The molecule has 2 aromatic rings. The molecule has 0 aliphatic heterocycles. The highest BCUT2D eigenvalue weighted by atomic mass is 32.2. The van der Waals surface area contributed by atoms with Crippen LogP contribution in [-0.4, -0.2) is 18.3 Å². The first-order valence-electron chi connectivity index (χ1n) is 6.37. The SMILES string of the molecule is Cc1ncc(CNS(=O)(=O)c2c(C)cc([N+](=O)[O-])cc2C)s1. The molecule has 1 heterocycles. The zero-order chi connectivity index (χ0) is 16.5. The van der Waals surface area contributed by atoms with Gasteiger partial charge in [-0.3, -0.25) is 10.1 Å². The molecule has 0 spiro atoms. The maximum atomic E-state index is 12.4. The third-order valence-electron chi connectivity index (χ3n) is 3.03. The molecule has 0 bridgehead atoms. The third kappa shape index (κ3) is 3.49. The van der Waals surface area contributed by atoms with Gasteiger partial charge in [-0.05, 0) is 31.9 Å². The van der Waals surface area contributed by atoms with E-state index >= 15 is 0 Å². The van der Waals surface area contributed by atoms with E-state index in [-0.39, 0.29) is 17.1 Å². The number of nitrogens with zero attached hydrogens (tertiary/aromatic N) is 2. The first-order chi connectivity index (χ1) is 10.2. The molecule has 118 valence electrons. The second-order valence-electron chi connectivity index (χ2n) is 4.84. The lowest BCUT2D eigenvalue weighted by atomic mass is 10.1. The zero-order valence-corrected chi connectivity index (χ0v) is 13.9. The molecule has 0 amide bonds. The van der Waals surface area contributed by atoms with Crippen LogP contribution in [0.1, 0.15) is 21.0 Å². The Kier molecular flexibility index (Phi) is 4.59. The molecule has 7 nitrogen and oxygen atoms in total. The minimum absolute atomic E-state index is 0.0827. The van der Waals surface area contributed by atoms with Crippen molar-refractivity contribution in [1.82, 2.24) is 9.71 Å². The highest BCUT2D eigenvalue weighted by molar-refractivity contribution is 7.89. The summed E-state index contributed by atoms with van der Waals surface area (Å²) < 4.78 is 27.4. The van der Waals surface area contributed by atoms with Gasteiger partial charge in [0.2, 0.25) is 10.0 Å². The van der Waals surface area contributed by atoms with E-state index in [1.165, 1.54) is 23.5 Å². The van der Waals surface area contributed by atoms with Crippen molar-refractivity contribution in [2.45, 2.75) is 32.2 Å². The summed E-state index contributed by atoms with van der Waals surface area (Å²) in [5, 5.41) is 11.7. The van der Waals surface area contributed by atoms with Crippen LogP contribution in [0.15, 0.2) is 23.2 Å². The summed E-state index contributed by atoms with van der Waals surface area (Å²) in [4.78, 5) is 15.2. The number of sulfonamides is 1. The van der Waals surface area contributed by atoms with Crippen molar-refractivity contribution >= 4 is 27.0 Å². The van der Waals surface area contributed by atoms with Gasteiger partial charge < -0.3 is 0 Å². The van der Waals surface area contributed by atoms with Gasteiger partial charge in [-0.1, -0.05) is 0 Å². The van der Waals surface area contributed by atoms with Crippen LogP contribution in [-0.2, 0) is 16.6 Å². The monoisotopic (exact) mass is 341 g/mol. The van der Waals surface area contributed by atoms with Crippen molar-refractivity contribution in [3.8, 4) is 0 Å². The molecule has 0 aliphatic rings. The van der Waals surface area contributed by atoms with Crippen LogP contribution >= 0.6 is 11.3 Å². The number of aryl methyl sites for hydroxylation is 3. The smallest absolute Gasteiger partial charge is 0.258 e. The fourth-order valence-electron chi connectivity index (χ4n) is 2.18. The maximum Gasteiger partial charge on any atom is 0.270 e. The number of nitro groups is 1. The van der Waals surface area contributed by atoms with E-state index in [0.717, 1.165) is 9.88 Å². The Morgan fingerprint density at radius 3 is 2.32 bits per heavy atom. The van der Waals surface area contributed by atoms with E-state index in [2.05, 4.69) is 9.71 Å². The van der Waals surface area contributed by atoms with Gasteiger partial charge >= 0.3 is 0 Å². The summed E-state index contributed by atoms with van der Waals surface area (Å²) in [5.41, 5.74) is 0.575. The van der Waals surface area contributed by atoms with Gasteiger partial charge in [0.05, 0.1) is 14.8 Å². The van der Waals surface area contributed by atoms with Crippen molar-refractivity contribution in [3.63, 3.8) is 0 Å². The predicted octanol–water partition coefficient (Wildman–Crippen LogP) is 2.46. The number of aromatic nitrogens is 1. The van der Waals surface area contributed by atoms with Gasteiger partial charge in [-0.15, -0.1) is 11.3 Å². The lowest BCUT2D eigenvalue weighted by Gasteiger charge is -2.11. The molecule has 0 unspecified atom stereocenters. The Balaban J connectivity index is 2.31. The molecule has 1 aromatic carbocycles. The minimum Gasteiger partial charge on any atom is -0.258 e. The number of non-ortho nitro benzene ring substituents is 1. The van der Waals surface area contributed by atoms with E-state index in [9.17, 15) is 18.5 Å². The summed E-state index contributed by atoms with van der Waals surface area (Å²) in [6.45, 7) is 5.08. The fraction of sp³-hybridized carbons (Fsp3) is 0.308. The summed E-state index contributed by atoms with van der Waals surface area (Å²) in [7, 11) is -3.75. The van der Waals surface area contributed by atoms with Gasteiger partial charge in [0.25, 0.3) is 5.69 Å². The predicted molar refractivity (Wildman–Crippen MR) is 83.4 cm³/mol. The molecule has 0 saturated heterocycles. The molecule has 0 atom stereocenters. The number of nitrogens with one attached hydrogen (secondary N) is 1. The normalized spacial score (nSPS) is 11.6. The van der Waals surface area contributed by atoms with Crippen molar-refractivity contribution in [3.05, 3.63) is 49.5 Å². The fourth-order valence-corrected chi connectivity index (χ4v) is 4.46. The molecule has 0 saturated carbocycles. The molecule has 2 rings (SSSR count). The molecule has 0 fully saturated rings. The van der Waals surface area contributed by atoms with Crippen LogP contribution in [0, 0.1) is 30.9 Å². The maximum absolute atomic E-state index is 12.4. The van der Waals surface area contributed by atoms with Crippen LogP contribution in [0.5, 0.6) is 0 Å². The first kappa shape index (κ1) is 16.5. The quantitative estimate of drug-likeness (QED) is 0.665. The highest BCUT2D eigenvalue weighted by Crippen LogP contribution is 2.26. The summed E-state index contributed by atoms with van der Waals surface area (Å²) >= 11 is 1.41. The first-order valence-corrected chi connectivity index (χ1v) is 8.67. The van der Waals surface area contributed by atoms with E-state index in [1.807, 2.05) is 6.92 Å². The Morgan fingerprint density at radius 2 is 1.86 bits per heavy atom. The topological polar surface area (TPSA) is 102 Å². The van der Waals surface area contributed by atoms with Crippen LogP contribution in [0.2, 0.25) is 0 Å². The lowest BCUT2D eigenvalue weighted by molar-refractivity contribution is -0.385. The third-order valence-corrected chi connectivity index (χ3v) is 5.65. The number of nitro benzene ring substituents is 1. The second-order valence-corrected chi connectivity index (χ2v) is 7.86. The summed E-state index contributed by atoms with van der Waals surface area (Å²) in [6.07, 6.45) is 1.62. The number of rotatable bonds is 5. The van der Waals surface area contributed by atoms with Gasteiger partial charge in [-0.25, -0.2) is 18.1 Å². The molecule has 1 N–H and O–H groups in total. The number of hydrogen-bond acceptors (Lipinski definition) is 6. The summed E-state index contributed by atoms with van der Waals surface area (Å²) in [5.74, 6) is 0. The Hall–Kier alpha value is -1.84. The molecule has 1 aromatic heterocycles. The Bertz CT molecular complexity index is 805. The molecular formula is C13H15N3O4S2. The van der Waals surface area contributed by atoms with Gasteiger partial charge in [-0.2, -0.15) is 0 Å². The lowest BCUT2D eigenvalue weighted by Crippen LogP contribution is -2.24. The van der Waals surface area contributed by atoms with E-state index in [4.69, 9.17) is 0 Å². The average molecular weight is 341 g/mol. The second kappa shape index (κ2) is 6.11. The van der Waals surface area contributed by atoms with Crippen LogP contribution in [0.25, 0.3) is 0 Å². The van der Waals surface area contributed by atoms with Crippen LogP contribution in [0.4, 0.5) is 5.69 Å². The standard InChI is InChI=1S/C13H15N3O4S2/c1-8-4-11(16(17)18)5-9(2)13(8)22(19,20)15-7-12-6-14-10(3)21-12/h4-6,15H,7H2,1-3H3. The molecule has 0 aliphatic carbocycles. The van der Waals surface area contributed by atoms with E-state index < -0.39 is 14.9 Å². The largest absolute Gasteiger partial charge is 0.270 e. The molecular weight excluding hydrogens is 326 g/mol. The molecule has 22 heavy (non-hydrogen) atoms. The Morgan fingerprint density at radius 1 is 1.27 bits per heavy atom. The van der Waals surface area contributed by atoms with Crippen molar-refractivity contribution in [2.75, 3.05) is 0 Å². The minimum atomic E-state index is -3.75. The number of benzene rings is 1. The summed E-state index contributed by atoms with van der Waals surface area (Å²) in [6, 6.07) is 2.52. The zero-order valence-electron chi connectivity index (χ0n) is 12.3.